The van der Waals surface area contributed by atoms with E-state index in [-0.39, 0.29) is 17.7 Å². The lowest BCUT2D eigenvalue weighted by Crippen LogP contribution is -2.46. The summed E-state index contributed by atoms with van der Waals surface area (Å²) in [6.45, 7) is 2.65. The number of nitrogens with zero attached hydrogens (tertiary/aromatic N) is 6. The Hall–Kier alpha value is -4.76. The number of carbonyl (C=O) groups excluding carboxylic acids is 1. The highest BCUT2D eigenvalue weighted by molar-refractivity contribution is 6.06. The predicted molar refractivity (Wildman–Crippen MR) is 160 cm³/mol. The van der Waals surface area contributed by atoms with Crippen molar-refractivity contribution in [1.82, 2.24) is 24.9 Å². The monoisotopic (exact) mass is 562 g/mol. The van der Waals surface area contributed by atoms with Gasteiger partial charge in [0.15, 0.2) is 5.82 Å². The number of phenolic OH excluding ortho intramolecular Hbond substituents is 1. The molecule has 0 bridgehead atoms. The van der Waals surface area contributed by atoms with Crippen molar-refractivity contribution in [1.29, 1.82) is 0 Å². The number of aryl methyl sites for hydroxylation is 1. The molecule has 42 heavy (non-hydrogen) atoms. The number of amides is 1. The van der Waals surface area contributed by atoms with Crippen LogP contribution in [0.4, 0.5) is 5.82 Å². The second kappa shape index (κ2) is 12.0. The minimum absolute atomic E-state index is 0.0164. The normalized spacial score (nSPS) is 16.9. The van der Waals surface area contributed by atoms with E-state index < -0.39 is 0 Å². The third-order valence-electron chi connectivity index (χ3n) is 7.95. The molecule has 0 radical (unpaired) electrons. The number of anilines is 1. The number of hydrogen-bond donors (Lipinski definition) is 1. The van der Waals surface area contributed by atoms with Gasteiger partial charge >= 0.3 is 0 Å². The van der Waals surface area contributed by atoms with E-state index in [1.165, 1.54) is 11.6 Å². The largest absolute Gasteiger partial charge is 0.508 e. The van der Waals surface area contributed by atoms with Crippen LogP contribution in [0.15, 0.2) is 95.5 Å². The molecule has 2 aromatic heterocycles. The minimum Gasteiger partial charge on any atom is -0.508 e. The molecule has 0 unspecified atom stereocenters. The van der Waals surface area contributed by atoms with Crippen LogP contribution in [0.1, 0.15) is 47.5 Å². The zero-order valence-electron chi connectivity index (χ0n) is 23.8. The fourth-order valence-corrected chi connectivity index (χ4v) is 5.77. The Balaban J connectivity index is 1.24. The summed E-state index contributed by atoms with van der Waals surface area (Å²) in [5.41, 5.74) is 3.33. The van der Waals surface area contributed by atoms with E-state index in [4.69, 9.17) is 9.52 Å². The van der Waals surface area contributed by atoms with Gasteiger partial charge in [0, 0.05) is 48.9 Å². The molecule has 6 rings (SSSR count). The Labute approximate surface area is 245 Å². The van der Waals surface area contributed by atoms with Gasteiger partial charge in [-0.15, -0.1) is 15.3 Å². The molecule has 1 amide bonds. The van der Waals surface area contributed by atoms with Crippen LogP contribution in [0.2, 0.25) is 0 Å². The molecule has 214 valence electrons. The highest BCUT2D eigenvalue weighted by Crippen LogP contribution is 2.32. The average Bonchev–Trinajstić information content (AvgIpc) is 3.68. The van der Waals surface area contributed by atoms with Crippen LogP contribution in [-0.4, -0.2) is 55.0 Å². The molecule has 1 aliphatic rings. The van der Waals surface area contributed by atoms with Crippen molar-refractivity contribution in [3.63, 3.8) is 0 Å². The van der Waals surface area contributed by atoms with Gasteiger partial charge in [-0.05, 0) is 74.7 Å². The van der Waals surface area contributed by atoms with Crippen LogP contribution in [0.25, 0.3) is 17.1 Å². The van der Waals surface area contributed by atoms with Crippen LogP contribution >= 0.6 is 0 Å². The number of hydrogen-bond acceptors (Lipinski definition) is 7. The van der Waals surface area contributed by atoms with Crippen molar-refractivity contribution < 1.29 is 14.3 Å². The molecular weight excluding hydrogens is 528 g/mol. The van der Waals surface area contributed by atoms with E-state index >= 15 is 0 Å². The molecule has 1 fully saturated rings. The van der Waals surface area contributed by atoms with Crippen LogP contribution in [0, 0.1) is 6.92 Å². The van der Waals surface area contributed by atoms with Crippen molar-refractivity contribution in [3.8, 4) is 22.9 Å². The van der Waals surface area contributed by atoms with Crippen LogP contribution < -0.4 is 4.90 Å². The lowest BCUT2D eigenvalue weighted by Gasteiger charge is -2.39. The summed E-state index contributed by atoms with van der Waals surface area (Å²) in [4.78, 5) is 18.2. The fraction of sp³-hybridized carbons (Fsp3) is 0.273. The molecular formula is C33H34N6O3. The van der Waals surface area contributed by atoms with Gasteiger partial charge in [0.25, 0.3) is 5.91 Å². The van der Waals surface area contributed by atoms with Crippen LogP contribution in [-0.2, 0) is 6.54 Å². The highest BCUT2D eigenvalue weighted by Gasteiger charge is 2.33. The third-order valence-corrected chi connectivity index (χ3v) is 7.95. The summed E-state index contributed by atoms with van der Waals surface area (Å²) in [6.07, 6.45) is 5.52. The standard InChI is InChI=1S/C33H34N6O3/c1-23-34-35-32(42-23)25-10-6-12-29(20-25)38-19-18-31(36-38)39(33(41)26-11-7-13-30(40)21-26)28-16-14-27(15-17-28)37(2)22-24-8-4-3-5-9-24/h3-13,18-21,27-28,40H,14-17,22H2,1-2H3. The van der Waals surface area contributed by atoms with E-state index in [9.17, 15) is 9.90 Å². The maximum Gasteiger partial charge on any atom is 0.259 e. The van der Waals surface area contributed by atoms with Gasteiger partial charge in [-0.1, -0.05) is 42.5 Å². The zero-order chi connectivity index (χ0) is 29.1. The van der Waals surface area contributed by atoms with Crippen molar-refractivity contribution >= 4 is 11.7 Å². The van der Waals surface area contributed by atoms with Gasteiger partial charge in [-0.25, -0.2) is 4.68 Å². The smallest absolute Gasteiger partial charge is 0.259 e. The lowest BCUT2D eigenvalue weighted by molar-refractivity contribution is 0.0957. The molecule has 2 heterocycles. The number of aromatic nitrogens is 4. The fourth-order valence-electron chi connectivity index (χ4n) is 5.77. The first-order valence-electron chi connectivity index (χ1n) is 14.3. The first kappa shape index (κ1) is 27.4. The molecule has 9 nitrogen and oxygen atoms in total. The number of benzene rings is 3. The molecule has 1 saturated carbocycles. The van der Waals surface area contributed by atoms with Gasteiger partial charge in [0.1, 0.15) is 5.75 Å². The van der Waals surface area contributed by atoms with Gasteiger partial charge in [-0.2, -0.15) is 0 Å². The summed E-state index contributed by atoms with van der Waals surface area (Å²) in [7, 11) is 2.18. The highest BCUT2D eigenvalue weighted by atomic mass is 16.4. The summed E-state index contributed by atoms with van der Waals surface area (Å²) >= 11 is 0. The second-order valence-electron chi connectivity index (χ2n) is 10.9. The Morgan fingerprint density at radius 3 is 2.43 bits per heavy atom. The Morgan fingerprint density at radius 2 is 1.69 bits per heavy atom. The van der Waals surface area contributed by atoms with Gasteiger partial charge in [0.05, 0.1) is 5.69 Å². The van der Waals surface area contributed by atoms with Crippen LogP contribution in [0.5, 0.6) is 5.75 Å². The summed E-state index contributed by atoms with van der Waals surface area (Å²) in [6, 6.07) is 27.0. The molecule has 9 heteroatoms. The molecule has 3 aromatic carbocycles. The van der Waals surface area contributed by atoms with E-state index in [2.05, 4.69) is 46.4 Å². The summed E-state index contributed by atoms with van der Waals surface area (Å²) < 4.78 is 7.36. The Kier molecular flexibility index (Phi) is 7.83. The average molecular weight is 563 g/mol. The van der Waals surface area contributed by atoms with Crippen molar-refractivity contribution in [2.75, 3.05) is 11.9 Å². The maximum absolute atomic E-state index is 14.0. The molecule has 0 spiro atoms. The third kappa shape index (κ3) is 5.96. The lowest BCUT2D eigenvalue weighted by atomic mass is 9.88. The molecule has 1 N–H and O–H groups in total. The van der Waals surface area contributed by atoms with Gasteiger partial charge in [-0.3, -0.25) is 14.6 Å². The minimum atomic E-state index is -0.174. The number of aromatic hydroxyl groups is 1. The number of rotatable bonds is 8. The van der Waals surface area contributed by atoms with Crippen molar-refractivity contribution in [3.05, 3.63) is 108 Å². The molecule has 0 aliphatic heterocycles. The maximum atomic E-state index is 14.0. The van der Waals surface area contributed by atoms with Gasteiger partial charge in [0.2, 0.25) is 11.8 Å². The zero-order valence-corrected chi connectivity index (χ0v) is 23.8. The molecule has 1 aliphatic carbocycles. The Bertz CT molecular complexity index is 1660. The van der Waals surface area contributed by atoms with E-state index in [1.807, 2.05) is 47.5 Å². The van der Waals surface area contributed by atoms with E-state index in [0.717, 1.165) is 43.5 Å². The van der Waals surface area contributed by atoms with Crippen molar-refractivity contribution in [2.45, 2.75) is 51.2 Å². The number of carbonyl (C=O) groups is 1. The molecule has 5 aromatic rings. The quantitative estimate of drug-likeness (QED) is 0.247. The summed E-state index contributed by atoms with van der Waals surface area (Å²) in [5, 5.41) is 23.0. The predicted octanol–water partition coefficient (Wildman–Crippen LogP) is 6.03. The van der Waals surface area contributed by atoms with Gasteiger partial charge < -0.3 is 9.52 Å². The SMILES string of the molecule is Cc1nnc(-c2cccc(-n3ccc(N(C(=O)c4cccc(O)c4)C4CCC(N(C)Cc5ccccc5)CC4)n3)c2)o1. The molecule has 0 saturated heterocycles. The van der Waals surface area contributed by atoms with Crippen molar-refractivity contribution in [2.24, 2.45) is 0 Å². The number of phenols is 1. The van der Waals surface area contributed by atoms with E-state index in [0.29, 0.717) is 29.2 Å². The Morgan fingerprint density at radius 1 is 0.929 bits per heavy atom. The second-order valence-corrected chi connectivity index (χ2v) is 10.9. The first-order valence-corrected chi connectivity index (χ1v) is 14.3. The topological polar surface area (TPSA) is 101 Å². The molecule has 0 atom stereocenters. The van der Waals surface area contributed by atoms with Crippen LogP contribution in [0.3, 0.4) is 0 Å². The summed E-state index contributed by atoms with van der Waals surface area (Å²) in [5.74, 6) is 1.40. The van der Waals surface area contributed by atoms with E-state index in [1.54, 1.807) is 29.8 Å². The first-order chi connectivity index (χ1) is 20.4.